The molecule has 0 aliphatic heterocycles. The summed E-state index contributed by atoms with van der Waals surface area (Å²) in [5.74, 6) is 1.90. The van der Waals surface area contributed by atoms with Gasteiger partial charge in [0, 0.05) is 0 Å². The smallest absolute Gasteiger partial charge is 0.122 e. The highest BCUT2D eigenvalue weighted by atomic mass is 16.5. The van der Waals surface area contributed by atoms with Crippen LogP contribution in [0.1, 0.15) is 102 Å². The van der Waals surface area contributed by atoms with Gasteiger partial charge in [0.05, 0.1) is 14.2 Å². The van der Waals surface area contributed by atoms with Crippen molar-refractivity contribution in [1.29, 1.82) is 0 Å². The molecule has 2 nitrogen and oxygen atoms in total. The van der Waals surface area contributed by atoms with Crippen molar-refractivity contribution >= 4 is 0 Å². The predicted molar refractivity (Wildman–Crippen MR) is 139 cm³/mol. The number of benzene rings is 2. The summed E-state index contributed by atoms with van der Waals surface area (Å²) in [6, 6.07) is 14.8. The molecule has 0 saturated carbocycles. The number of unbranched alkanes of at least 4 members (excludes halogenated alkanes) is 13. The van der Waals surface area contributed by atoms with Gasteiger partial charge in [-0.2, -0.15) is 0 Å². The van der Waals surface area contributed by atoms with E-state index in [1.807, 2.05) is 12.1 Å². The number of aryl methyl sites for hydroxylation is 1. The van der Waals surface area contributed by atoms with Crippen molar-refractivity contribution in [3.05, 3.63) is 48.0 Å². The zero-order valence-corrected chi connectivity index (χ0v) is 21.0. The first-order valence-corrected chi connectivity index (χ1v) is 13.1. The van der Waals surface area contributed by atoms with Crippen LogP contribution in [0.3, 0.4) is 0 Å². The maximum absolute atomic E-state index is 5.62. The molecule has 0 bridgehead atoms. The van der Waals surface area contributed by atoms with E-state index in [-0.39, 0.29) is 0 Å². The summed E-state index contributed by atoms with van der Waals surface area (Å²) in [7, 11) is 3.48. The molecule has 0 aliphatic carbocycles. The SMILES string of the molecule is CCCCCCCCCCCCCCCCc1cc(-c2ccc(OC)cc2)ccc1OC. The fraction of sp³-hybridized carbons (Fsp3) is 0.600. The third-order valence-corrected chi connectivity index (χ3v) is 6.50. The van der Waals surface area contributed by atoms with E-state index in [0.717, 1.165) is 17.9 Å². The Morgan fingerprint density at radius 1 is 0.531 bits per heavy atom. The van der Waals surface area contributed by atoms with Crippen molar-refractivity contribution < 1.29 is 9.47 Å². The lowest BCUT2D eigenvalue weighted by atomic mass is 9.98. The second kappa shape index (κ2) is 16.6. The van der Waals surface area contributed by atoms with Crippen LogP contribution < -0.4 is 9.47 Å². The molecule has 0 aliphatic rings. The molecule has 2 heteroatoms. The van der Waals surface area contributed by atoms with Crippen molar-refractivity contribution in [2.24, 2.45) is 0 Å². The van der Waals surface area contributed by atoms with Crippen LogP contribution in [0.2, 0.25) is 0 Å². The lowest BCUT2D eigenvalue weighted by Gasteiger charge is -2.12. The molecule has 0 aromatic heterocycles. The molecule has 0 radical (unpaired) electrons. The van der Waals surface area contributed by atoms with E-state index in [0.29, 0.717) is 0 Å². The van der Waals surface area contributed by atoms with Crippen LogP contribution in [-0.4, -0.2) is 14.2 Å². The van der Waals surface area contributed by atoms with Crippen LogP contribution in [0.4, 0.5) is 0 Å². The normalized spacial score (nSPS) is 11.0. The first-order valence-electron chi connectivity index (χ1n) is 13.1. The fourth-order valence-electron chi connectivity index (χ4n) is 4.45. The summed E-state index contributed by atoms with van der Waals surface area (Å²) < 4.78 is 10.9. The third-order valence-electron chi connectivity index (χ3n) is 6.50. The monoisotopic (exact) mass is 438 g/mol. The van der Waals surface area contributed by atoms with Gasteiger partial charge in [-0.15, -0.1) is 0 Å². The fourth-order valence-corrected chi connectivity index (χ4v) is 4.45. The molecule has 2 aromatic carbocycles. The lowest BCUT2D eigenvalue weighted by Crippen LogP contribution is -1.94. The molecule has 0 saturated heterocycles. The van der Waals surface area contributed by atoms with Gasteiger partial charge in [-0.05, 0) is 53.8 Å². The number of rotatable bonds is 18. The molecule has 178 valence electrons. The van der Waals surface area contributed by atoms with Gasteiger partial charge < -0.3 is 9.47 Å². The van der Waals surface area contributed by atoms with E-state index >= 15 is 0 Å². The van der Waals surface area contributed by atoms with Crippen LogP contribution in [0, 0.1) is 0 Å². The average molecular weight is 439 g/mol. The van der Waals surface area contributed by atoms with E-state index in [1.54, 1.807) is 14.2 Å². The molecule has 2 aromatic rings. The first-order chi connectivity index (χ1) is 15.8. The molecular formula is C30H46O2. The lowest BCUT2D eigenvalue weighted by molar-refractivity contribution is 0.408. The summed E-state index contributed by atoms with van der Waals surface area (Å²) in [6.45, 7) is 2.29. The maximum atomic E-state index is 5.62. The predicted octanol–water partition coefficient (Wildman–Crippen LogP) is 9.39. The van der Waals surface area contributed by atoms with Gasteiger partial charge in [-0.25, -0.2) is 0 Å². The Labute approximate surface area is 197 Å². The molecule has 2 rings (SSSR count). The number of hydrogen-bond donors (Lipinski definition) is 0. The quantitative estimate of drug-likeness (QED) is 0.216. The standard InChI is InChI=1S/C30H46O2/c1-4-5-6-7-8-9-10-11-12-13-14-15-16-17-18-28-25-27(21-24-30(28)32-3)26-19-22-29(31-2)23-20-26/h19-25H,4-18H2,1-3H3. The molecular weight excluding hydrogens is 392 g/mol. The zero-order chi connectivity index (χ0) is 22.9. The molecule has 0 heterocycles. The van der Waals surface area contributed by atoms with Crippen LogP contribution >= 0.6 is 0 Å². The minimum absolute atomic E-state index is 0.893. The number of methoxy groups -OCH3 is 2. The van der Waals surface area contributed by atoms with Crippen molar-refractivity contribution in [2.45, 2.75) is 103 Å². The molecule has 0 unspecified atom stereocenters. The Morgan fingerprint density at radius 2 is 1.03 bits per heavy atom. The third kappa shape index (κ3) is 10.1. The Balaban J connectivity index is 1.61. The van der Waals surface area contributed by atoms with Gasteiger partial charge >= 0.3 is 0 Å². The second-order valence-corrected chi connectivity index (χ2v) is 9.10. The number of hydrogen-bond acceptors (Lipinski definition) is 2. The Bertz CT molecular complexity index is 720. The van der Waals surface area contributed by atoms with Crippen molar-refractivity contribution in [3.8, 4) is 22.6 Å². The van der Waals surface area contributed by atoms with E-state index in [2.05, 4.69) is 37.3 Å². The van der Waals surface area contributed by atoms with E-state index in [4.69, 9.17) is 9.47 Å². The average Bonchev–Trinajstić information content (AvgIpc) is 2.84. The summed E-state index contributed by atoms with van der Waals surface area (Å²) >= 11 is 0. The second-order valence-electron chi connectivity index (χ2n) is 9.10. The molecule has 0 amide bonds. The minimum Gasteiger partial charge on any atom is -0.497 e. The van der Waals surface area contributed by atoms with Crippen LogP contribution in [0.5, 0.6) is 11.5 Å². The van der Waals surface area contributed by atoms with Crippen molar-refractivity contribution in [3.63, 3.8) is 0 Å². The highest BCUT2D eigenvalue weighted by Gasteiger charge is 2.07. The molecule has 0 atom stereocenters. The number of ether oxygens (including phenoxy) is 2. The van der Waals surface area contributed by atoms with E-state index in [1.165, 1.54) is 107 Å². The van der Waals surface area contributed by atoms with Gasteiger partial charge in [0.2, 0.25) is 0 Å². The minimum atomic E-state index is 0.893. The Morgan fingerprint density at radius 3 is 1.53 bits per heavy atom. The summed E-state index contributed by atoms with van der Waals surface area (Å²) in [6.07, 6.45) is 20.6. The van der Waals surface area contributed by atoms with Crippen molar-refractivity contribution in [2.75, 3.05) is 14.2 Å². The maximum Gasteiger partial charge on any atom is 0.122 e. The van der Waals surface area contributed by atoms with Gasteiger partial charge in [-0.3, -0.25) is 0 Å². The topological polar surface area (TPSA) is 18.5 Å². The summed E-state index contributed by atoms with van der Waals surface area (Å²) in [5, 5.41) is 0. The summed E-state index contributed by atoms with van der Waals surface area (Å²) in [4.78, 5) is 0. The Kier molecular flexibility index (Phi) is 13.7. The highest BCUT2D eigenvalue weighted by molar-refractivity contribution is 5.66. The summed E-state index contributed by atoms with van der Waals surface area (Å²) in [5.41, 5.74) is 3.78. The zero-order valence-electron chi connectivity index (χ0n) is 21.0. The van der Waals surface area contributed by atoms with Gasteiger partial charge in [0.15, 0.2) is 0 Å². The van der Waals surface area contributed by atoms with E-state index in [9.17, 15) is 0 Å². The van der Waals surface area contributed by atoms with Gasteiger partial charge in [0.1, 0.15) is 11.5 Å². The largest absolute Gasteiger partial charge is 0.497 e. The van der Waals surface area contributed by atoms with Gasteiger partial charge in [-0.1, -0.05) is 109 Å². The van der Waals surface area contributed by atoms with Crippen LogP contribution in [-0.2, 0) is 6.42 Å². The van der Waals surface area contributed by atoms with Gasteiger partial charge in [0.25, 0.3) is 0 Å². The van der Waals surface area contributed by atoms with Crippen LogP contribution in [0.25, 0.3) is 11.1 Å². The van der Waals surface area contributed by atoms with E-state index < -0.39 is 0 Å². The van der Waals surface area contributed by atoms with Crippen LogP contribution in [0.15, 0.2) is 42.5 Å². The first kappa shape index (κ1) is 26.3. The molecule has 0 N–H and O–H groups in total. The highest BCUT2D eigenvalue weighted by Crippen LogP contribution is 2.29. The molecule has 0 spiro atoms. The Hall–Kier alpha value is -1.96. The van der Waals surface area contributed by atoms with Crippen molar-refractivity contribution in [1.82, 2.24) is 0 Å². The molecule has 0 fully saturated rings. The molecule has 32 heavy (non-hydrogen) atoms.